The molecule has 1 saturated heterocycles. The number of carbonyl (C=O) groups is 1. The van der Waals surface area contributed by atoms with E-state index in [1.165, 1.54) is 39.4 Å². The van der Waals surface area contributed by atoms with Crippen molar-refractivity contribution in [2.45, 2.75) is 17.7 Å². The van der Waals surface area contributed by atoms with Gasteiger partial charge in [0.25, 0.3) is 0 Å². The number of rotatable bonds is 4. The number of anilines is 1. The van der Waals surface area contributed by atoms with E-state index in [4.69, 9.17) is 16.9 Å². The van der Waals surface area contributed by atoms with Gasteiger partial charge in [-0.25, -0.2) is 8.42 Å². The summed E-state index contributed by atoms with van der Waals surface area (Å²) in [4.78, 5) is 12.7. The molecule has 2 heterocycles. The molecule has 0 aliphatic carbocycles. The number of hydrogen-bond acceptors (Lipinski definition) is 5. The van der Waals surface area contributed by atoms with Crippen molar-refractivity contribution in [3.63, 3.8) is 0 Å². The van der Waals surface area contributed by atoms with E-state index in [-0.39, 0.29) is 35.4 Å². The van der Waals surface area contributed by atoms with Crippen molar-refractivity contribution in [1.82, 2.24) is 14.1 Å². The fourth-order valence-electron chi connectivity index (χ4n) is 3.00. The Bertz CT molecular complexity index is 987. The van der Waals surface area contributed by atoms with Gasteiger partial charge in [-0.05, 0) is 37.1 Å². The van der Waals surface area contributed by atoms with Crippen LogP contribution in [0.2, 0.25) is 5.02 Å². The highest BCUT2D eigenvalue weighted by Gasteiger charge is 2.32. The number of halogens is 1. The zero-order chi connectivity index (χ0) is 19.6. The summed E-state index contributed by atoms with van der Waals surface area (Å²) in [6.07, 6.45) is 2.19. The summed E-state index contributed by atoms with van der Waals surface area (Å²) < 4.78 is 28.2. The van der Waals surface area contributed by atoms with Gasteiger partial charge in [0.1, 0.15) is 17.5 Å². The molecule has 1 aromatic heterocycles. The van der Waals surface area contributed by atoms with E-state index in [2.05, 4.69) is 10.4 Å². The molecule has 2 aromatic rings. The van der Waals surface area contributed by atoms with Gasteiger partial charge in [-0.3, -0.25) is 9.48 Å². The molecule has 1 aliphatic heterocycles. The van der Waals surface area contributed by atoms with Crippen LogP contribution >= 0.6 is 11.6 Å². The Morgan fingerprint density at radius 3 is 2.52 bits per heavy atom. The van der Waals surface area contributed by atoms with Gasteiger partial charge in [-0.1, -0.05) is 11.6 Å². The minimum absolute atomic E-state index is 0.184. The molecule has 142 valence electrons. The molecule has 0 bridgehead atoms. The van der Waals surface area contributed by atoms with Gasteiger partial charge in [0.2, 0.25) is 15.9 Å². The van der Waals surface area contributed by atoms with Crippen molar-refractivity contribution in [2.75, 3.05) is 18.4 Å². The van der Waals surface area contributed by atoms with Gasteiger partial charge in [0.15, 0.2) is 0 Å². The Labute approximate surface area is 162 Å². The summed E-state index contributed by atoms with van der Waals surface area (Å²) in [5.74, 6) is -0.222. The SMILES string of the molecule is Cn1ncc(C#N)c1NC(=O)C1CCN(S(=O)(=O)c2ccc(Cl)cc2)CC1. The van der Waals surface area contributed by atoms with Gasteiger partial charge >= 0.3 is 0 Å². The van der Waals surface area contributed by atoms with E-state index in [0.29, 0.717) is 23.7 Å². The third-order valence-electron chi connectivity index (χ3n) is 4.58. The first-order chi connectivity index (χ1) is 12.8. The van der Waals surface area contributed by atoms with Gasteiger partial charge < -0.3 is 5.32 Å². The van der Waals surface area contributed by atoms with Crippen molar-refractivity contribution < 1.29 is 13.2 Å². The highest BCUT2D eigenvalue weighted by molar-refractivity contribution is 7.89. The van der Waals surface area contributed by atoms with Crippen molar-refractivity contribution in [3.8, 4) is 6.07 Å². The third-order valence-corrected chi connectivity index (χ3v) is 6.74. The smallest absolute Gasteiger partial charge is 0.243 e. The number of nitrogens with one attached hydrogen (secondary N) is 1. The molecule has 27 heavy (non-hydrogen) atoms. The zero-order valence-electron chi connectivity index (χ0n) is 14.6. The Morgan fingerprint density at radius 2 is 1.93 bits per heavy atom. The monoisotopic (exact) mass is 407 g/mol. The molecule has 0 spiro atoms. The minimum Gasteiger partial charge on any atom is -0.310 e. The van der Waals surface area contributed by atoms with Crippen LogP contribution in [0.15, 0.2) is 35.4 Å². The number of amides is 1. The average molecular weight is 408 g/mol. The lowest BCUT2D eigenvalue weighted by molar-refractivity contribution is -0.121. The molecule has 0 unspecified atom stereocenters. The summed E-state index contributed by atoms with van der Waals surface area (Å²) in [6.45, 7) is 0.499. The lowest BCUT2D eigenvalue weighted by atomic mass is 9.97. The Balaban J connectivity index is 1.65. The molecule has 10 heteroatoms. The summed E-state index contributed by atoms with van der Waals surface area (Å²) in [5.41, 5.74) is 0.286. The highest BCUT2D eigenvalue weighted by Crippen LogP contribution is 2.26. The van der Waals surface area contributed by atoms with Gasteiger partial charge in [-0.15, -0.1) is 0 Å². The number of benzene rings is 1. The van der Waals surface area contributed by atoms with Crippen LogP contribution in [0.1, 0.15) is 18.4 Å². The van der Waals surface area contributed by atoms with Gasteiger partial charge in [-0.2, -0.15) is 14.7 Å². The largest absolute Gasteiger partial charge is 0.310 e. The minimum atomic E-state index is -3.61. The second kappa shape index (κ2) is 7.68. The molecule has 1 aliphatic rings. The number of sulfonamides is 1. The standard InChI is InChI=1S/C17H18ClN5O3S/c1-22-16(13(10-19)11-20-22)21-17(24)12-6-8-23(9-7-12)27(25,26)15-4-2-14(18)3-5-15/h2-5,11-12H,6-9H2,1H3,(H,21,24). The first-order valence-corrected chi connectivity index (χ1v) is 10.1. The lowest BCUT2D eigenvalue weighted by Crippen LogP contribution is -2.41. The molecule has 0 radical (unpaired) electrons. The van der Waals surface area contributed by atoms with E-state index >= 15 is 0 Å². The first kappa shape index (κ1) is 19.4. The number of aromatic nitrogens is 2. The van der Waals surface area contributed by atoms with E-state index in [1.54, 1.807) is 7.05 Å². The van der Waals surface area contributed by atoms with E-state index in [9.17, 15) is 13.2 Å². The number of nitriles is 1. The molecule has 1 N–H and O–H groups in total. The predicted octanol–water partition coefficient (Wildman–Crippen LogP) is 1.98. The second-order valence-electron chi connectivity index (χ2n) is 6.26. The van der Waals surface area contributed by atoms with Crippen LogP contribution in [0.5, 0.6) is 0 Å². The topological polar surface area (TPSA) is 108 Å². The molecule has 3 rings (SSSR count). The normalized spacial score (nSPS) is 16.0. The molecule has 1 aromatic carbocycles. The number of piperidine rings is 1. The Morgan fingerprint density at radius 1 is 1.30 bits per heavy atom. The average Bonchev–Trinajstić information content (AvgIpc) is 3.02. The van der Waals surface area contributed by atoms with Crippen molar-refractivity contribution in [1.29, 1.82) is 5.26 Å². The number of hydrogen-bond donors (Lipinski definition) is 1. The van der Waals surface area contributed by atoms with Crippen LogP contribution in [0.3, 0.4) is 0 Å². The van der Waals surface area contributed by atoms with Crippen LogP contribution in [0, 0.1) is 17.2 Å². The van der Waals surface area contributed by atoms with Crippen LogP contribution in [0.4, 0.5) is 5.82 Å². The summed E-state index contributed by atoms with van der Waals surface area (Å²) in [7, 11) is -1.97. The fraction of sp³-hybridized carbons (Fsp3) is 0.353. The fourth-order valence-corrected chi connectivity index (χ4v) is 4.60. The number of nitrogens with zero attached hydrogens (tertiary/aromatic N) is 4. The second-order valence-corrected chi connectivity index (χ2v) is 8.64. The summed E-state index contributed by atoms with van der Waals surface area (Å²) >= 11 is 5.81. The molecule has 0 atom stereocenters. The third kappa shape index (κ3) is 3.98. The van der Waals surface area contributed by atoms with Crippen molar-refractivity contribution in [2.24, 2.45) is 13.0 Å². The van der Waals surface area contributed by atoms with Crippen LogP contribution < -0.4 is 5.32 Å². The Kier molecular flexibility index (Phi) is 5.51. The van der Waals surface area contributed by atoms with E-state index in [0.717, 1.165) is 0 Å². The molecule has 1 fully saturated rings. The first-order valence-electron chi connectivity index (χ1n) is 8.31. The van der Waals surface area contributed by atoms with Crippen molar-refractivity contribution in [3.05, 3.63) is 41.0 Å². The molecular formula is C17H18ClN5O3S. The summed E-state index contributed by atoms with van der Waals surface area (Å²) in [5, 5.41) is 16.2. The molecule has 1 amide bonds. The zero-order valence-corrected chi connectivity index (χ0v) is 16.2. The predicted molar refractivity (Wildman–Crippen MR) is 99.5 cm³/mol. The maximum absolute atomic E-state index is 12.7. The Hall–Kier alpha value is -2.41. The van der Waals surface area contributed by atoms with Crippen LogP contribution in [-0.2, 0) is 21.9 Å². The lowest BCUT2D eigenvalue weighted by Gasteiger charge is -2.30. The molecule has 8 nitrogen and oxygen atoms in total. The molecule has 0 saturated carbocycles. The van der Waals surface area contributed by atoms with Crippen LogP contribution in [-0.4, -0.2) is 41.5 Å². The maximum atomic E-state index is 12.7. The van der Waals surface area contributed by atoms with Gasteiger partial charge in [0, 0.05) is 31.1 Å². The highest BCUT2D eigenvalue weighted by atomic mass is 35.5. The maximum Gasteiger partial charge on any atom is 0.243 e. The quantitative estimate of drug-likeness (QED) is 0.833. The van der Waals surface area contributed by atoms with E-state index < -0.39 is 10.0 Å². The van der Waals surface area contributed by atoms with Crippen molar-refractivity contribution >= 4 is 33.3 Å². The van der Waals surface area contributed by atoms with E-state index in [1.807, 2.05) is 6.07 Å². The number of aryl methyl sites for hydroxylation is 1. The molecular weight excluding hydrogens is 390 g/mol. The number of carbonyl (C=O) groups excluding carboxylic acids is 1. The van der Waals surface area contributed by atoms with Gasteiger partial charge in [0.05, 0.1) is 11.1 Å². The van der Waals surface area contributed by atoms with Crippen LogP contribution in [0.25, 0.3) is 0 Å². The summed E-state index contributed by atoms with van der Waals surface area (Å²) in [6, 6.07) is 8.00.